The molecule has 1 fully saturated rings. The summed E-state index contributed by atoms with van der Waals surface area (Å²) in [6.45, 7) is 0.443. The molecule has 0 aliphatic heterocycles. The molecular formula is C16H21F3N2O3. The SMILES string of the molecule is CC(CN)(NC(=O)COc1ccccc1OCC(F)(F)F)C1CC1. The maximum atomic E-state index is 12.3. The zero-order valence-corrected chi connectivity index (χ0v) is 13.4. The molecule has 1 unspecified atom stereocenters. The van der Waals surface area contributed by atoms with Gasteiger partial charge in [-0.2, -0.15) is 13.2 Å². The molecule has 1 saturated carbocycles. The van der Waals surface area contributed by atoms with Gasteiger partial charge < -0.3 is 20.5 Å². The number of carbonyl (C=O) groups excluding carboxylic acids is 1. The average molecular weight is 346 g/mol. The van der Waals surface area contributed by atoms with E-state index in [1.807, 2.05) is 6.92 Å². The topological polar surface area (TPSA) is 73.6 Å². The van der Waals surface area contributed by atoms with Crippen LogP contribution in [0.25, 0.3) is 0 Å². The van der Waals surface area contributed by atoms with Crippen LogP contribution in [0.15, 0.2) is 24.3 Å². The molecule has 24 heavy (non-hydrogen) atoms. The van der Waals surface area contributed by atoms with Crippen LogP contribution < -0.4 is 20.5 Å². The molecule has 0 radical (unpaired) electrons. The third-order valence-electron chi connectivity index (χ3n) is 3.93. The summed E-state index contributed by atoms with van der Waals surface area (Å²) in [6.07, 6.45) is -2.41. The predicted octanol–water partition coefficient (Wildman–Crippen LogP) is 2.25. The molecule has 134 valence electrons. The van der Waals surface area contributed by atoms with Gasteiger partial charge in [0.25, 0.3) is 5.91 Å². The zero-order valence-electron chi connectivity index (χ0n) is 13.4. The van der Waals surface area contributed by atoms with E-state index in [9.17, 15) is 18.0 Å². The Morgan fingerprint density at radius 1 is 1.25 bits per heavy atom. The summed E-state index contributed by atoms with van der Waals surface area (Å²) >= 11 is 0. The summed E-state index contributed by atoms with van der Waals surface area (Å²) in [7, 11) is 0. The molecule has 0 saturated heterocycles. The van der Waals surface area contributed by atoms with Gasteiger partial charge in [-0.3, -0.25) is 4.79 Å². The number of ether oxygens (including phenoxy) is 2. The van der Waals surface area contributed by atoms with Gasteiger partial charge in [0, 0.05) is 6.54 Å². The first-order valence-electron chi connectivity index (χ1n) is 7.66. The van der Waals surface area contributed by atoms with Gasteiger partial charge >= 0.3 is 6.18 Å². The van der Waals surface area contributed by atoms with Crippen LogP contribution in [-0.4, -0.2) is 37.4 Å². The van der Waals surface area contributed by atoms with Crippen molar-refractivity contribution in [3.05, 3.63) is 24.3 Å². The van der Waals surface area contributed by atoms with Crippen molar-refractivity contribution in [2.75, 3.05) is 19.8 Å². The molecule has 1 amide bonds. The molecule has 0 spiro atoms. The summed E-state index contributed by atoms with van der Waals surface area (Å²) in [4.78, 5) is 12.0. The van der Waals surface area contributed by atoms with Crippen LogP contribution in [0.5, 0.6) is 11.5 Å². The summed E-state index contributed by atoms with van der Waals surface area (Å²) in [5, 5.41) is 2.84. The predicted molar refractivity (Wildman–Crippen MR) is 81.8 cm³/mol. The highest BCUT2D eigenvalue weighted by Crippen LogP contribution is 2.39. The lowest BCUT2D eigenvalue weighted by Gasteiger charge is -2.29. The Bertz CT molecular complexity index is 576. The summed E-state index contributed by atoms with van der Waals surface area (Å²) in [6, 6.07) is 5.91. The molecule has 1 aliphatic carbocycles. The third kappa shape index (κ3) is 5.30. The fourth-order valence-corrected chi connectivity index (χ4v) is 2.39. The third-order valence-corrected chi connectivity index (χ3v) is 3.93. The van der Waals surface area contributed by atoms with Crippen molar-refractivity contribution in [3.8, 4) is 11.5 Å². The highest BCUT2D eigenvalue weighted by Gasteiger charge is 2.41. The minimum atomic E-state index is -4.45. The van der Waals surface area contributed by atoms with Crippen molar-refractivity contribution in [1.29, 1.82) is 0 Å². The fraction of sp³-hybridized carbons (Fsp3) is 0.562. The largest absolute Gasteiger partial charge is 0.480 e. The van der Waals surface area contributed by atoms with Crippen LogP contribution in [0.2, 0.25) is 0 Å². The second-order valence-corrected chi connectivity index (χ2v) is 6.08. The number of benzene rings is 1. The van der Waals surface area contributed by atoms with Crippen molar-refractivity contribution < 1.29 is 27.4 Å². The van der Waals surface area contributed by atoms with Crippen molar-refractivity contribution in [2.45, 2.75) is 31.5 Å². The lowest BCUT2D eigenvalue weighted by molar-refractivity contribution is -0.153. The standard InChI is InChI=1S/C16H21F3N2O3/c1-15(9-20,11-6-7-11)21-14(22)8-23-12-4-2-3-5-13(12)24-10-16(17,18)19/h2-5,11H,6-10,20H2,1H3,(H,21,22). The van der Waals surface area contributed by atoms with Gasteiger partial charge in [0.1, 0.15) is 0 Å². The molecule has 8 heteroatoms. The van der Waals surface area contributed by atoms with Crippen molar-refractivity contribution in [3.63, 3.8) is 0 Å². The molecule has 3 N–H and O–H groups in total. The number of carbonyl (C=O) groups is 1. The highest BCUT2D eigenvalue weighted by molar-refractivity contribution is 5.78. The number of hydrogen-bond acceptors (Lipinski definition) is 4. The number of halogens is 3. The quantitative estimate of drug-likeness (QED) is 0.757. The van der Waals surface area contributed by atoms with E-state index in [1.165, 1.54) is 18.2 Å². The minimum Gasteiger partial charge on any atom is -0.480 e. The second-order valence-electron chi connectivity index (χ2n) is 6.08. The van der Waals surface area contributed by atoms with Gasteiger partial charge in [0.2, 0.25) is 0 Å². The first-order valence-corrected chi connectivity index (χ1v) is 7.66. The number of hydrogen-bond donors (Lipinski definition) is 2. The number of nitrogens with one attached hydrogen (secondary N) is 1. The van der Waals surface area contributed by atoms with Gasteiger partial charge in [0.15, 0.2) is 24.7 Å². The van der Waals surface area contributed by atoms with Crippen molar-refractivity contribution >= 4 is 5.91 Å². The summed E-state index contributed by atoms with van der Waals surface area (Å²) < 4.78 is 46.8. The van der Waals surface area contributed by atoms with Crippen LogP contribution in [-0.2, 0) is 4.79 Å². The molecule has 0 heterocycles. The summed E-state index contributed by atoms with van der Waals surface area (Å²) in [5.74, 6) is -0.00138. The Kier molecular flexibility index (Phi) is 5.58. The monoisotopic (exact) mass is 346 g/mol. The first-order chi connectivity index (χ1) is 11.2. The lowest BCUT2D eigenvalue weighted by atomic mass is 9.96. The van der Waals surface area contributed by atoms with E-state index >= 15 is 0 Å². The maximum absolute atomic E-state index is 12.3. The van der Waals surface area contributed by atoms with E-state index in [1.54, 1.807) is 6.07 Å². The van der Waals surface area contributed by atoms with Crippen LogP contribution in [0.4, 0.5) is 13.2 Å². The highest BCUT2D eigenvalue weighted by atomic mass is 19.4. The van der Waals surface area contributed by atoms with Crippen molar-refractivity contribution in [2.24, 2.45) is 11.7 Å². The summed E-state index contributed by atoms with van der Waals surface area (Å²) in [5.41, 5.74) is 5.25. The van der Waals surface area contributed by atoms with E-state index < -0.39 is 18.3 Å². The van der Waals surface area contributed by atoms with Crippen molar-refractivity contribution in [1.82, 2.24) is 5.32 Å². The molecule has 2 rings (SSSR count). The Labute approximate surface area is 138 Å². The van der Waals surface area contributed by atoms with E-state index in [4.69, 9.17) is 15.2 Å². The van der Waals surface area contributed by atoms with E-state index in [2.05, 4.69) is 5.32 Å². The molecule has 0 aromatic heterocycles. The smallest absolute Gasteiger partial charge is 0.422 e. The Balaban J connectivity index is 1.90. The number of para-hydroxylation sites is 2. The molecule has 5 nitrogen and oxygen atoms in total. The average Bonchev–Trinajstić information content (AvgIpc) is 3.36. The molecular weight excluding hydrogens is 325 g/mol. The van der Waals surface area contributed by atoms with E-state index in [0.29, 0.717) is 12.5 Å². The van der Waals surface area contributed by atoms with E-state index in [-0.39, 0.29) is 24.0 Å². The molecule has 1 aromatic carbocycles. The van der Waals surface area contributed by atoms with Gasteiger partial charge in [-0.05, 0) is 37.8 Å². The molecule has 1 aliphatic rings. The van der Waals surface area contributed by atoms with Crippen LogP contribution >= 0.6 is 0 Å². The van der Waals surface area contributed by atoms with Crippen LogP contribution in [0, 0.1) is 5.92 Å². The number of rotatable bonds is 8. The first kappa shape index (κ1) is 18.4. The fourth-order valence-electron chi connectivity index (χ4n) is 2.39. The number of alkyl halides is 3. The second kappa shape index (κ2) is 7.29. The van der Waals surface area contributed by atoms with Gasteiger partial charge in [-0.1, -0.05) is 12.1 Å². The Hall–Kier alpha value is -1.96. The van der Waals surface area contributed by atoms with Gasteiger partial charge in [0.05, 0.1) is 5.54 Å². The minimum absolute atomic E-state index is 0.0635. The Morgan fingerprint density at radius 3 is 2.33 bits per heavy atom. The molecule has 0 bridgehead atoms. The normalized spacial score (nSPS) is 17.0. The van der Waals surface area contributed by atoms with Crippen LogP contribution in [0.1, 0.15) is 19.8 Å². The number of nitrogens with two attached hydrogens (primary N) is 1. The van der Waals surface area contributed by atoms with Gasteiger partial charge in [-0.25, -0.2) is 0 Å². The van der Waals surface area contributed by atoms with E-state index in [0.717, 1.165) is 12.8 Å². The maximum Gasteiger partial charge on any atom is 0.422 e. The Morgan fingerprint density at radius 2 is 1.83 bits per heavy atom. The molecule has 1 atom stereocenters. The van der Waals surface area contributed by atoms with Crippen LogP contribution in [0.3, 0.4) is 0 Å². The lowest BCUT2D eigenvalue weighted by Crippen LogP contribution is -2.54. The molecule has 1 aromatic rings. The number of amides is 1. The zero-order chi connectivity index (χ0) is 17.8. The van der Waals surface area contributed by atoms with Gasteiger partial charge in [-0.15, -0.1) is 0 Å².